The molecule has 1 fully saturated rings. The zero-order valence-corrected chi connectivity index (χ0v) is 10.6. The lowest BCUT2D eigenvalue weighted by Crippen LogP contribution is -2.44. The fourth-order valence-electron chi connectivity index (χ4n) is 2.23. The van der Waals surface area contributed by atoms with Gasteiger partial charge in [0.2, 0.25) is 0 Å². The van der Waals surface area contributed by atoms with Crippen LogP contribution >= 0.6 is 0 Å². The molecule has 1 aromatic carbocycles. The average Bonchev–Trinajstić information content (AvgIpc) is 2.64. The Morgan fingerprint density at radius 3 is 2.76 bits per heavy atom. The fourth-order valence-corrected chi connectivity index (χ4v) is 2.23. The molecule has 1 saturated heterocycles. The number of Topliss-reactive ketones (excluding diaryl/α,β-unsaturated/α-hetero) is 1. The molecule has 92 valence electrons. The van der Waals surface area contributed by atoms with Crippen molar-refractivity contribution in [2.45, 2.75) is 26.8 Å². The van der Waals surface area contributed by atoms with E-state index in [2.05, 4.69) is 0 Å². The van der Waals surface area contributed by atoms with Crippen molar-refractivity contribution in [1.29, 1.82) is 0 Å². The molecule has 2 atom stereocenters. The number of ether oxygens (including phenoxy) is 1. The van der Waals surface area contributed by atoms with Gasteiger partial charge in [-0.3, -0.25) is 4.79 Å². The summed E-state index contributed by atoms with van der Waals surface area (Å²) in [6.45, 7) is 6.77. The largest absolute Gasteiger partial charge is 0.379 e. The molecule has 3 nitrogen and oxygen atoms in total. The molecule has 1 aromatic rings. The van der Waals surface area contributed by atoms with Gasteiger partial charge in [-0.2, -0.15) is 0 Å². The maximum Gasteiger partial charge on any atom is 0.172 e. The van der Waals surface area contributed by atoms with Crippen molar-refractivity contribution >= 4 is 5.78 Å². The topological polar surface area (TPSA) is 52.3 Å². The van der Waals surface area contributed by atoms with E-state index < -0.39 is 5.41 Å². The van der Waals surface area contributed by atoms with Crippen molar-refractivity contribution in [3.8, 4) is 0 Å². The molecule has 0 aliphatic carbocycles. The first-order valence-electron chi connectivity index (χ1n) is 5.91. The Bertz CT molecular complexity index is 456. The standard InChI is InChI=1S/C14H19NO2/c1-9-5-4-6-11(10(9)2)13(16)14(3)8-17-7-12(14)15/h4-6,12H,7-8,15H2,1-3H3. The SMILES string of the molecule is Cc1cccc(C(=O)C2(C)COCC2N)c1C. The summed E-state index contributed by atoms with van der Waals surface area (Å²) in [5, 5.41) is 0. The lowest BCUT2D eigenvalue weighted by atomic mass is 9.77. The third-order valence-electron chi connectivity index (χ3n) is 3.89. The van der Waals surface area contributed by atoms with Crippen LogP contribution in [0.5, 0.6) is 0 Å². The van der Waals surface area contributed by atoms with Crippen molar-refractivity contribution in [2.24, 2.45) is 11.1 Å². The molecule has 0 aromatic heterocycles. The molecule has 1 aliphatic rings. The molecule has 17 heavy (non-hydrogen) atoms. The maximum atomic E-state index is 12.6. The lowest BCUT2D eigenvalue weighted by Gasteiger charge is -2.26. The van der Waals surface area contributed by atoms with E-state index in [1.54, 1.807) is 0 Å². The average molecular weight is 233 g/mol. The molecule has 0 radical (unpaired) electrons. The van der Waals surface area contributed by atoms with Gasteiger partial charge in [-0.25, -0.2) is 0 Å². The van der Waals surface area contributed by atoms with Gasteiger partial charge in [0.15, 0.2) is 5.78 Å². The zero-order valence-electron chi connectivity index (χ0n) is 10.6. The molecule has 0 spiro atoms. The first-order valence-corrected chi connectivity index (χ1v) is 5.91. The lowest BCUT2D eigenvalue weighted by molar-refractivity contribution is 0.0767. The fraction of sp³-hybridized carbons (Fsp3) is 0.500. The van der Waals surface area contributed by atoms with Gasteiger partial charge in [0.25, 0.3) is 0 Å². The van der Waals surface area contributed by atoms with Gasteiger partial charge in [0.05, 0.1) is 18.6 Å². The highest BCUT2D eigenvalue weighted by Gasteiger charge is 2.44. The second-order valence-corrected chi connectivity index (χ2v) is 5.12. The van der Waals surface area contributed by atoms with E-state index in [4.69, 9.17) is 10.5 Å². The monoisotopic (exact) mass is 233 g/mol. The summed E-state index contributed by atoms with van der Waals surface area (Å²) in [5.41, 5.74) is 8.35. The summed E-state index contributed by atoms with van der Waals surface area (Å²) < 4.78 is 5.34. The van der Waals surface area contributed by atoms with Gasteiger partial charge in [0.1, 0.15) is 0 Å². The Morgan fingerprint density at radius 2 is 2.18 bits per heavy atom. The van der Waals surface area contributed by atoms with Gasteiger partial charge in [0, 0.05) is 11.6 Å². The quantitative estimate of drug-likeness (QED) is 0.793. The normalized spacial score (nSPS) is 28.4. The van der Waals surface area contributed by atoms with Gasteiger partial charge < -0.3 is 10.5 Å². The van der Waals surface area contributed by atoms with Crippen LogP contribution in [0.2, 0.25) is 0 Å². The highest BCUT2D eigenvalue weighted by Crippen LogP contribution is 2.32. The van der Waals surface area contributed by atoms with Gasteiger partial charge in [-0.15, -0.1) is 0 Å². The third kappa shape index (κ3) is 1.90. The summed E-state index contributed by atoms with van der Waals surface area (Å²) in [5.74, 6) is 0.101. The molecule has 0 amide bonds. The number of nitrogens with two attached hydrogens (primary N) is 1. The van der Waals surface area contributed by atoms with Gasteiger partial charge in [-0.05, 0) is 31.9 Å². The van der Waals surface area contributed by atoms with Crippen molar-refractivity contribution < 1.29 is 9.53 Å². The molecule has 1 heterocycles. The Hall–Kier alpha value is -1.19. The minimum Gasteiger partial charge on any atom is -0.379 e. The Morgan fingerprint density at radius 1 is 1.47 bits per heavy atom. The highest BCUT2D eigenvalue weighted by atomic mass is 16.5. The third-order valence-corrected chi connectivity index (χ3v) is 3.89. The number of benzene rings is 1. The van der Waals surface area contributed by atoms with E-state index in [9.17, 15) is 4.79 Å². The number of hydrogen-bond acceptors (Lipinski definition) is 3. The van der Waals surface area contributed by atoms with E-state index in [-0.39, 0.29) is 11.8 Å². The van der Waals surface area contributed by atoms with Crippen LogP contribution in [0.4, 0.5) is 0 Å². The van der Waals surface area contributed by atoms with E-state index >= 15 is 0 Å². The number of carbonyl (C=O) groups excluding carboxylic acids is 1. The van der Waals surface area contributed by atoms with E-state index in [0.717, 1.165) is 16.7 Å². The second-order valence-electron chi connectivity index (χ2n) is 5.12. The van der Waals surface area contributed by atoms with Gasteiger partial charge >= 0.3 is 0 Å². The summed E-state index contributed by atoms with van der Waals surface area (Å²) in [6.07, 6.45) is 0. The molecular weight excluding hydrogens is 214 g/mol. The summed E-state index contributed by atoms with van der Waals surface area (Å²) in [6, 6.07) is 5.59. The second kappa shape index (κ2) is 4.24. The van der Waals surface area contributed by atoms with E-state index in [1.807, 2.05) is 39.0 Å². The maximum absolute atomic E-state index is 12.6. The van der Waals surface area contributed by atoms with Gasteiger partial charge in [-0.1, -0.05) is 18.2 Å². The van der Waals surface area contributed by atoms with Crippen LogP contribution in [0.15, 0.2) is 18.2 Å². The van der Waals surface area contributed by atoms with Crippen LogP contribution in [0, 0.1) is 19.3 Å². The Kier molecular flexibility index (Phi) is 3.06. The molecule has 1 aliphatic heterocycles. The van der Waals surface area contributed by atoms with Crippen LogP contribution in [-0.2, 0) is 4.74 Å². The first-order chi connectivity index (χ1) is 7.97. The van der Waals surface area contributed by atoms with Crippen LogP contribution in [0.25, 0.3) is 0 Å². The highest BCUT2D eigenvalue weighted by molar-refractivity contribution is 6.02. The van der Waals surface area contributed by atoms with Crippen molar-refractivity contribution in [3.63, 3.8) is 0 Å². The number of aryl methyl sites for hydroxylation is 1. The van der Waals surface area contributed by atoms with E-state index in [0.29, 0.717) is 13.2 Å². The molecule has 2 unspecified atom stereocenters. The molecule has 2 N–H and O–H groups in total. The molecular formula is C14H19NO2. The number of rotatable bonds is 2. The minimum absolute atomic E-state index is 0.101. The summed E-state index contributed by atoms with van der Waals surface area (Å²) >= 11 is 0. The van der Waals surface area contributed by atoms with Crippen LogP contribution < -0.4 is 5.73 Å². The molecule has 2 rings (SSSR count). The summed E-state index contributed by atoms with van der Waals surface area (Å²) in [7, 11) is 0. The molecule has 0 saturated carbocycles. The predicted octanol–water partition coefficient (Wildman–Crippen LogP) is 1.85. The minimum atomic E-state index is -0.585. The molecule has 0 bridgehead atoms. The van der Waals surface area contributed by atoms with Crippen molar-refractivity contribution in [1.82, 2.24) is 0 Å². The van der Waals surface area contributed by atoms with Crippen LogP contribution in [0.3, 0.4) is 0 Å². The first kappa shape index (κ1) is 12.3. The van der Waals surface area contributed by atoms with Crippen LogP contribution in [0.1, 0.15) is 28.4 Å². The van der Waals surface area contributed by atoms with Crippen molar-refractivity contribution in [2.75, 3.05) is 13.2 Å². The predicted molar refractivity (Wildman–Crippen MR) is 67.1 cm³/mol. The Labute approximate surface area is 102 Å². The number of carbonyl (C=O) groups is 1. The number of ketones is 1. The van der Waals surface area contributed by atoms with Crippen molar-refractivity contribution in [3.05, 3.63) is 34.9 Å². The smallest absolute Gasteiger partial charge is 0.172 e. The zero-order chi connectivity index (χ0) is 12.6. The van der Waals surface area contributed by atoms with E-state index in [1.165, 1.54) is 0 Å². The van der Waals surface area contributed by atoms with Crippen LogP contribution in [-0.4, -0.2) is 25.0 Å². The number of hydrogen-bond donors (Lipinski definition) is 1. The Balaban J connectivity index is 2.41. The molecule has 3 heteroatoms. The summed E-state index contributed by atoms with van der Waals surface area (Å²) in [4.78, 5) is 12.6.